The number of anilines is 3. The largest absolute Gasteiger partial charge is 0.504 e. The van der Waals surface area contributed by atoms with E-state index in [9.17, 15) is 13.5 Å². The quantitative estimate of drug-likeness (QED) is 0.527. The van der Waals surface area contributed by atoms with E-state index in [0.717, 1.165) is 27.4 Å². The molecule has 140 valence electrons. The van der Waals surface area contributed by atoms with Crippen LogP contribution >= 0.6 is 34.4 Å². The van der Waals surface area contributed by atoms with E-state index in [1.165, 1.54) is 29.2 Å². The Morgan fingerprint density at radius 1 is 1.23 bits per heavy atom. The molecule has 0 spiro atoms. The Balaban J connectivity index is 1.77. The molecule has 3 aromatic rings. The van der Waals surface area contributed by atoms with Gasteiger partial charge in [0.25, 0.3) is 10.0 Å². The molecule has 3 rings (SSSR count). The van der Waals surface area contributed by atoms with E-state index in [-0.39, 0.29) is 15.6 Å². The van der Waals surface area contributed by atoms with Crippen LogP contribution < -0.4 is 10.6 Å². The third kappa shape index (κ3) is 3.83. The molecule has 26 heavy (non-hydrogen) atoms. The summed E-state index contributed by atoms with van der Waals surface area (Å²) in [7, 11) is -0.872. The summed E-state index contributed by atoms with van der Waals surface area (Å²) in [5, 5.41) is 18.0. The first-order chi connectivity index (χ1) is 12.3. The van der Waals surface area contributed by atoms with E-state index in [1.807, 2.05) is 13.0 Å². The van der Waals surface area contributed by atoms with Crippen LogP contribution in [0.4, 0.5) is 17.3 Å². The topological polar surface area (TPSA) is 107 Å². The van der Waals surface area contributed by atoms with Crippen LogP contribution in [0.15, 0.2) is 21.7 Å². The third-order valence-electron chi connectivity index (χ3n) is 3.41. The number of thiophene rings is 2. The van der Waals surface area contributed by atoms with Crippen molar-refractivity contribution in [3.05, 3.63) is 27.3 Å². The SMILES string of the molecule is Cc1ccc(CNc2nsnc2Nc2csc(S(=O)(=O)N(C)C)c2O)s1. The highest BCUT2D eigenvalue weighted by molar-refractivity contribution is 7.91. The Hall–Kier alpha value is -1.73. The molecule has 0 aliphatic rings. The summed E-state index contributed by atoms with van der Waals surface area (Å²) in [6, 6.07) is 4.10. The van der Waals surface area contributed by atoms with Crippen LogP contribution in [0.5, 0.6) is 5.75 Å². The minimum atomic E-state index is -3.71. The van der Waals surface area contributed by atoms with Crippen molar-refractivity contribution < 1.29 is 13.5 Å². The number of nitrogens with zero attached hydrogens (tertiary/aromatic N) is 3. The molecule has 12 heteroatoms. The Kier molecular flexibility index (Phi) is 5.48. The number of hydrogen-bond acceptors (Lipinski definition) is 10. The summed E-state index contributed by atoms with van der Waals surface area (Å²) in [5.41, 5.74) is 0.276. The van der Waals surface area contributed by atoms with Gasteiger partial charge in [-0.15, -0.1) is 22.7 Å². The molecule has 0 atom stereocenters. The Morgan fingerprint density at radius 3 is 2.62 bits per heavy atom. The van der Waals surface area contributed by atoms with Gasteiger partial charge < -0.3 is 15.7 Å². The summed E-state index contributed by atoms with van der Waals surface area (Å²) in [6.07, 6.45) is 0. The van der Waals surface area contributed by atoms with E-state index >= 15 is 0 Å². The van der Waals surface area contributed by atoms with Crippen molar-refractivity contribution in [3.8, 4) is 5.75 Å². The highest BCUT2D eigenvalue weighted by Crippen LogP contribution is 2.40. The molecule has 0 saturated carbocycles. The molecule has 3 aromatic heterocycles. The van der Waals surface area contributed by atoms with Gasteiger partial charge in [0.05, 0.1) is 24.0 Å². The summed E-state index contributed by atoms with van der Waals surface area (Å²) in [5.74, 6) is 0.658. The van der Waals surface area contributed by atoms with E-state index in [2.05, 4.69) is 25.4 Å². The molecule has 8 nitrogen and oxygen atoms in total. The average molecular weight is 432 g/mol. The van der Waals surface area contributed by atoms with Gasteiger partial charge in [-0.25, -0.2) is 12.7 Å². The zero-order valence-electron chi connectivity index (χ0n) is 14.2. The highest BCUT2D eigenvalue weighted by Gasteiger charge is 2.26. The summed E-state index contributed by atoms with van der Waals surface area (Å²) in [6.45, 7) is 2.65. The fourth-order valence-corrected chi connectivity index (χ4v) is 5.73. The second kappa shape index (κ2) is 7.48. The van der Waals surface area contributed by atoms with Crippen LogP contribution in [0.25, 0.3) is 0 Å². The van der Waals surface area contributed by atoms with Gasteiger partial charge in [-0.3, -0.25) is 0 Å². The minimum absolute atomic E-state index is 0.114. The smallest absolute Gasteiger partial charge is 0.255 e. The Bertz CT molecular complexity index is 1010. The van der Waals surface area contributed by atoms with Crippen LogP contribution in [0.2, 0.25) is 0 Å². The molecule has 0 fully saturated rings. The number of aromatic nitrogens is 2. The molecule has 0 aliphatic heterocycles. The molecule has 0 radical (unpaired) electrons. The van der Waals surface area contributed by atoms with Gasteiger partial charge in [0.2, 0.25) is 0 Å². The van der Waals surface area contributed by atoms with Crippen LogP contribution in [0, 0.1) is 6.92 Å². The molecule has 0 saturated heterocycles. The average Bonchev–Trinajstić information content (AvgIpc) is 3.28. The zero-order chi connectivity index (χ0) is 18.9. The first-order valence-electron chi connectivity index (χ1n) is 7.40. The number of aromatic hydroxyl groups is 1. The summed E-state index contributed by atoms with van der Waals surface area (Å²) < 4.78 is 33.7. The zero-order valence-corrected chi connectivity index (χ0v) is 17.4. The molecule has 0 bridgehead atoms. The second-order valence-corrected chi connectivity index (χ2v) is 10.7. The fourth-order valence-electron chi connectivity index (χ4n) is 2.04. The van der Waals surface area contributed by atoms with E-state index < -0.39 is 10.0 Å². The van der Waals surface area contributed by atoms with Gasteiger partial charge in [-0.2, -0.15) is 8.75 Å². The molecule has 0 amide bonds. The number of rotatable bonds is 7. The fraction of sp³-hybridized carbons (Fsp3) is 0.286. The van der Waals surface area contributed by atoms with E-state index in [0.29, 0.717) is 18.2 Å². The van der Waals surface area contributed by atoms with Gasteiger partial charge in [0.1, 0.15) is 0 Å². The molecule has 0 unspecified atom stereocenters. The van der Waals surface area contributed by atoms with Gasteiger partial charge >= 0.3 is 0 Å². The van der Waals surface area contributed by atoms with Gasteiger partial charge in [-0.05, 0) is 19.1 Å². The van der Waals surface area contributed by atoms with Crippen LogP contribution in [0.3, 0.4) is 0 Å². The van der Waals surface area contributed by atoms with Gasteiger partial charge in [0, 0.05) is 29.2 Å². The second-order valence-electron chi connectivity index (χ2n) is 5.53. The highest BCUT2D eigenvalue weighted by atomic mass is 32.2. The molecular formula is C14H17N5O3S4. The van der Waals surface area contributed by atoms with Gasteiger partial charge in [-0.1, -0.05) is 0 Å². The van der Waals surface area contributed by atoms with Crippen molar-refractivity contribution in [2.75, 3.05) is 24.7 Å². The molecular weight excluding hydrogens is 414 g/mol. The van der Waals surface area contributed by atoms with Crippen LogP contribution in [0.1, 0.15) is 9.75 Å². The van der Waals surface area contributed by atoms with Crippen molar-refractivity contribution in [2.45, 2.75) is 17.7 Å². The van der Waals surface area contributed by atoms with Crippen molar-refractivity contribution in [2.24, 2.45) is 0 Å². The van der Waals surface area contributed by atoms with E-state index in [4.69, 9.17) is 0 Å². The van der Waals surface area contributed by atoms with Gasteiger partial charge in [0.15, 0.2) is 21.6 Å². The van der Waals surface area contributed by atoms with E-state index in [1.54, 1.807) is 11.3 Å². The first-order valence-corrected chi connectivity index (χ1v) is 11.3. The van der Waals surface area contributed by atoms with Crippen molar-refractivity contribution in [3.63, 3.8) is 0 Å². The number of sulfonamides is 1. The predicted molar refractivity (Wildman–Crippen MR) is 106 cm³/mol. The third-order valence-corrected chi connectivity index (χ3v) is 8.25. The lowest BCUT2D eigenvalue weighted by Gasteiger charge is -2.10. The number of aryl methyl sites for hydroxylation is 1. The Morgan fingerprint density at radius 2 is 1.96 bits per heavy atom. The van der Waals surface area contributed by atoms with Crippen molar-refractivity contribution >= 4 is 61.7 Å². The lowest BCUT2D eigenvalue weighted by molar-refractivity contribution is 0.460. The Labute approximate surface area is 163 Å². The molecule has 3 heterocycles. The van der Waals surface area contributed by atoms with Crippen molar-refractivity contribution in [1.29, 1.82) is 0 Å². The van der Waals surface area contributed by atoms with Crippen LogP contribution in [-0.4, -0.2) is 40.7 Å². The summed E-state index contributed by atoms with van der Waals surface area (Å²) >= 11 is 3.66. The lowest BCUT2D eigenvalue weighted by Crippen LogP contribution is -2.21. The predicted octanol–water partition coefficient (Wildman–Crippen LogP) is 3.28. The maximum Gasteiger partial charge on any atom is 0.255 e. The molecule has 0 aromatic carbocycles. The monoisotopic (exact) mass is 431 g/mol. The standard InChI is InChI=1S/C14H17N5O3S4/c1-8-4-5-9(24-8)6-15-12-13(18-25-17-12)16-10-7-23-14(11(10)20)26(21,22)19(2)3/h4-5,7,20H,6H2,1-3H3,(H,15,17)(H,16,18). The lowest BCUT2D eigenvalue weighted by atomic mass is 10.4. The van der Waals surface area contributed by atoms with Crippen LogP contribution in [-0.2, 0) is 16.6 Å². The number of hydrogen-bond donors (Lipinski definition) is 3. The van der Waals surface area contributed by atoms with Crippen molar-refractivity contribution in [1.82, 2.24) is 13.1 Å². The minimum Gasteiger partial charge on any atom is -0.504 e. The maximum absolute atomic E-state index is 12.2. The summed E-state index contributed by atoms with van der Waals surface area (Å²) in [4.78, 5) is 2.40. The molecule has 3 N–H and O–H groups in total. The molecule has 0 aliphatic carbocycles. The first kappa shape index (κ1) is 19.0. The normalized spacial score (nSPS) is 11.8. The maximum atomic E-state index is 12.2. The number of nitrogens with one attached hydrogen (secondary N) is 2.